The second-order valence-corrected chi connectivity index (χ2v) is 5.94. The minimum atomic E-state index is -0.117. The van der Waals surface area contributed by atoms with Crippen molar-refractivity contribution in [1.29, 1.82) is 0 Å². The lowest BCUT2D eigenvalue weighted by Crippen LogP contribution is -2.43. The highest BCUT2D eigenvalue weighted by Gasteiger charge is 2.36. The molecule has 3 atom stereocenters. The second-order valence-electron chi connectivity index (χ2n) is 5.94. The molecule has 1 saturated heterocycles. The SMILES string of the molecule is COC(=O)CCCN1CCCC1C1CCCCC1O. The largest absolute Gasteiger partial charge is 0.469 e. The van der Waals surface area contributed by atoms with Gasteiger partial charge in [-0.2, -0.15) is 0 Å². The smallest absolute Gasteiger partial charge is 0.305 e. The number of hydrogen-bond donors (Lipinski definition) is 1. The quantitative estimate of drug-likeness (QED) is 0.775. The van der Waals surface area contributed by atoms with Crippen molar-refractivity contribution in [2.24, 2.45) is 5.92 Å². The molecule has 1 saturated carbocycles. The van der Waals surface area contributed by atoms with Crippen LogP contribution in [0.5, 0.6) is 0 Å². The Morgan fingerprint density at radius 1 is 1.26 bits per heavy atom. The third kappa shape index (κ3) is 3.93. The Labute approximate surface area is 116 Å². The number of nitrogens with zero attached hydrogens (tertiary/aromatic N) is 1. The van der Waals surface area contributed by atoms with Crippen LogP contribution < -0.4 is 0 Å². The Bertz CT molecular complexity index is 295. The van der Waals surface area contributed by atoms with Gasteiger partial charge in [0.25, 0.3) is 0 Å². The standard InChI is InChI=1S/C15H27NO3/c1-19-15(18)9-5-11-16-10-4-7-13(16)12-6-2-3-8-14(12)17/h12-14,17H,2-11H2,1H3. The van der Waals surface area contributed by atoms with Gasteiger partial charge in [0.15, 0.2) is 0 Å². The van der Waals surface area contributed by atoms with E-state index in [-0.39, 0.29) is 12.1 Å². The van der Waals surface area contributed by atoms with Gasteiger partial charge in [0, 0.05) is 18.4 Å². The first-order chi connectivity index (χ1) is 9.22. The van der Waals surface area contributed by atoms with Crippen molar-refractivity contribution in [1.82, 2.24) is 4.90 Å². The molecule has 0 amide bonds. The number of rotatable bonds is 5. The average molecular weight is 269 g/mol. The van der Waals surface area contributed by atoms with E-state index in [2.05, 4.69) is 9.64 Å². The van der Waals surface area contributed by atoms with Gasteiger partial charge in [-0.3, -0.25) is 9.69 Å². The molecule has 4 heteroatoms. The molecule has 2 aliphatic rings. The molecule has 1 heterocycles. The van der Waals surface area contributed by atoms with Gasteiger partial charge in [0.2, 0.25) is 0 Å². The number of hydrogen-bond acceptors (Lipinski definition) is 4. The zero-order valence-electron chi connectivity index (χ0n) is 12.0. The van der Waals surface area contributed by atoms with Crippen LogP contribution >= 0.6 is 0 Å². The van der Waals surface area contributed by atoms with Crippen LogP contribution in [0.4, 0.5) is 0 Å². The van der Waals surface area contributed by atoms with Gasteiger partial charge in [0.05, 0.1) is 13.2 Å². The fourth-order valence-electron chi connectivity index (χ4n) is 3.73. The van der Waals surface area contributed by atoms with Gasteiger partial charge in [0.1, 0.15) is 0 Å². The number of aliphatic hydroxyl groups excluding tert-OH is 1. The topological polar surface area (TPSA) is 49.8 Å². The number of carbonyl (C=O) groups excluding carboxylic acids is 1. The van der Waals surface area contributed by atoms with E-state index in [0.29, 0.717) is 18.4 Å². The molecule has 110 valence electrons. The van der Waals surface area contributed by atoms with Crippen LogP contribution in [0.2, 0.25) is 0 Å². The number of carbonyl (C=O) groups is 1. The first-order valence-electron chi connectivity index (χ1n) is 7.71. The lowest BCUT2D eigenvalue weighted by atomic mass is 9.80. The predicted molar refractivity (Wildman–Crippen MR) is 73.8 cm³/mol. The summed E-state index contributed by atoms with van der Waals surface area (Å²) < 4.78 is 4.68. The van der Waals surface area contributed by atoms with Gasteiger partial charge >= 0.3 is 5.97 Å². The Morgan fingerprint density at radius 2 is 2.05 bits per heavy atom. The maximum Gasteiger partial charge on any atom is 0.305 e. The summed E-state index contributed by atoms with van der Waals surface area (Å²) in [5.74, 6) is 0.336. The second kappa shape index (κ2) is 7.25. The van der Waals surface area contributed by atoms with Crippen LogP contribution in [0.3, 0.4) is 0 Å². The maximum absolute atomic E-state index is 11.1. The normalized spacial score (nSPS) is 32.4. The molecule has 0 radical (unpaired) electrons. The van der Waals surface area contributed by atoms with Crippen LogP contribution in [0.25, 0.3) is 0 Å². The van der Waals surface area contributed by atoms with Gasteiger partial charge < -0.3 is 9.84 Å². The summed E-state index contributed by atoms with van der Waals surface area (Å²) in [5.41, 5.74) is 0. The van der Waals surface area contributed by atoms with E-state index in [4.69, 9.17) is 0 Å². The molecule has 0 aromatic heterocycles. The van der Waals surface area contributed by atoms with Crippen molar-refractivity contribution in [2.75, 3.05) is 20.2 Å². The lowest BCUT2D eigenvalue weighted by molar-refractivity contribution is -0.140. The zero-order chi connectivity index (χ0) is 13.7. The summed E-state index contributed by atoms with van der Waals surface area (Å²) >= 11 is 0. The van der Waals surface area contributed by atoms with Crippen molar-refractivity contribution < 1.29 is 14.6 Å². The van der Waals surface area contributed by atoms with Crippen molar-refractivity contribution in [3.8, 4) is 0 Å². The van der Waals surface area contributed by atoms with Gasteiger partial charge in [-0.05, 0) is 45.2 Å². The minimum absolute atomic E-state index is 0.111. The fourth-order valence-corrected chi connectivity index (χ4v) is 3.73. The molecular weight excluding hydrogens is 242 g/mol. The molecule has 2 fully saturated rings. The molecule has 4 nitrogen and oxygen atoms in total. The summed E-state index contributed by atoms with van der Waals surface area (Å²) in [6, 6.07) is 0.535. The molecule has 1 aliphatic heterocycles. The number of methoxy groups -OCH3 is 1. The van der Waals surface area contributed by atoms with Crippen molar-refractivity contribution in [2.45, 2.75) is 63.5 Å². The number of esters is 1. The monoisotopic (exact) mass is 269 g/mol. The molecule has 3 unspecified atom stereocenters. The van der Waals surface area contributed by atoms with E-state index in [1.54, 1.807) is 0 Å². The Morgan fingerprint density at radius 3 is 2.79 bits per heavy atom. The summed E-state index contributed by atoms with van der Waals surface area (Å²) in [6.07, 6.45) is 8.27. The highest BCUT2D eigenvalue weighted by atomic mass is 16.5. The zero-order valence-corrected chi connectivity index (χ0v) is 12.0. The van der Waals surface area contributed by atoms with Crippen molar-refractivity contribution in [3.05, 3.63) is 0 Å². The first-order valence-corrected chi connectivity index (χ1v) is 7.71. The molecule has 2 rings (SSSR count). The number of likely N-dealkylation sites (tertiary alicyclic amines) is 1. The van der Waals surface area contributed by atoms with Crippen LogP contribution in [-0.4, -0.2) is 48.3 Å². The molecule has 1 N–H and O–H groups in total. The summed E-state index contributed by atoms with van der Waals surface area (Å²) in [6.45, 7) is 2.08. The van der Waals surface area contributed by atoms with E-state index in [0.717, 1.165) is 25.9 Å². The summed E-state index contributed by atoms with van der Waals surface area (Å²) in [4.78, 5) is 13.6. The molecule has 0 aromatic rings. The third-order valence-electron chi connectivity index (χ3n) is 4.74. The first kappa shape index (κ1) is 14.8. The Hall–Kier alpha value is -0.610. The van der Waals surface area contributed by atoms with E-state index in [1.807, 2.05) is 0 Å². The number of aliphatic hydroxyl groups is 1. The van der Waals surface area contributed by atoms with Gasteiger partial charge in [-0.1, -0.05) is 12.8 Å². The van der Waals surface area contributed by atoms with E-state index >= 15 is 0 Å². The molecule has 0 aromatic carbocycles. The summed E-state index contributed by atoms with van der Waals surface area (Å²) in [7, 11) is 1.44. The molecular formula is C15H27NO3. The fraction of sp³-hybridized carbons (Fsp3) is 0.933. The predicted octanol–water partition coefficient (Wildman–Crippen LogP) is 1.96. The Kier molecular flexibility index (Phi) is 5.64. The average Bonchev–Trinajstić information content (AvgIpc) is 2.87. The number of ether oxygens (including phenoxy) is 1. The van der Waals surface area contributed by atoms with E-state index < -0.39 is 0 Å². The van der Waals surface area contributed by atoms with Crippen molar-refractivity contribution >= 4 is 5.97 Å². The maximum atomic E-state index is 11.1. The minimum Gasteiger partial charge on any atom is -0.469 e. The van der Waals surface area contributed by atoms with Crippen LogP contribution in [0.15, 0.2) is 0 Å². The lowest BCUT2D eigenvalue weighted by Gasteiger charge is -2.37. The molecule has 0 bridgehead atoms. The highest BCUT2D eigenvalue weighted by molar-refractivity contribution is 5.69. The van der Waals surface area contributed by atoms with Crippen molar-refractivity contribution in [3.63, 3.8) is 0 Å². The Balaban J connectivity index is 1.80. The van der Waals surface area contributed by atoms with Gasteiger partial charge in [-0.15, -0.1) is 0 Å². The van der Waals surface area contributed by atoms with E-state index in [9.17, 15) is 9.90 Å². The summed E-state index contributed by atoms with van der Waals surface area (Å²) in [5, 5.41) is 10.2. The molecule has 0 spiro atoms. The molecule has 1 aliphatic carbocycles. The van der Waals surface area contributed by atoms with Gasteiger partial charge in [-0.25, -0.2) is 0 Å². The van der Waals surface area contributed by atoms with Crippen LogP contribution in [-0.2, 0) is 9.53 Å². The molecule has 19 heavy (non-hydrogen) atoms. The van der Waals surface area contributed by atoms with E-state index in [1.165, 1.54) is 39.2 Å². The van der Waals surface area contributed by atoms with Crippen LogP contribution in [0, 0.1) is 5.92 Å². The van der Waals surface area contributed by atoms with Crippen LogP contribution in [0.1, 0.15) is 51.4 Å². The third-order valence-corrected chi connectivity index (χ3v) is 4.74. The highest BCUT2D eigenvalue weighted by Crippen LogP contribution is 2.34.